The predicted molar refractivity (Wildman–Crippen MR) is 135 cm³/mol. The normalized spacial score (nSPS) is 19.7. The van der Waals surface area contributed by atoms with Gasteiger partial charge in [0.05, 0.1) is 9.82 Å². The van der Waals surface area contributed by atoms with Gasteiger partial charge in [0.25, 0.3) is 5.69 Å². The summed E-state index contributed by atoms with van der Waals surface area (Å²) in [6, 6.07) is 24.9. The summed E-state index contributed by atoms with van der Waals surface area (Å²) in [6.45, 7) is 1.63. The number of nitro groups is 1. The van der Waals surface area contributed by atoms with Crippen LogP contribution in [0.15, 0.2) is 89.8 Å². The lowest BCUT2D eigenvalue weighted by molar-refractivity contribution is -0.384. The van der Waals surface area contributed by atoms with Crippen molar-refractivity contribution >= 4 is 31.6 Å². The highest BCUT2D eigenvalue weighted by molar-refractivity contribution is 9.09. The molecule has 1 saturated heterocycles. The Kier molecular flexibility index (Phi) is 7.77. The minimum atomic E-state index is -3.85. The van der Waals surface area contributed by atoms with E-state index in [-0.39, 0.29) is 22.7 Å². The Morgan fingerprint density at radius 2 is 1.44 bits per heavy atom. The molecule has 0 aromatic heterocycles. The first-order valence-corrected chi connectivity index (χ1v) is 13.6. The van der Waals surface area contributed by atoms with Crippen molar-refractivity contribution in [3.63, 3.8) is 0 Å². The van der Waals surface area contributed by atoms with Crippen LogP contribution in [0.5, 0.6) is 0 Å². The minimum Gasteiger partial charge on any atom is -0.292 e. The van der Waals surface area contributed by atoms with Gasteiger partial charge in [0.2, 0.25) is 10.0 Å². The Hall–Kier alpha value is -2.59. The number of nitro benzene ring substituents is 1. The lowest BCUT2D eigenvalue weighted by Crippen LogP contribution is -2.60. The third-order valence-electron chi connectivity index (χ3n) is 6.13. The number of non-ortho nitro benzene ring substituents is 1. The van der Waals surface area contributed by atoms with Crippen LogP contribution in [0.4, 0.5) is 5.69 Å². The van der Waals surface area contributed by atoms with Crippen LogP contribution in [0.2, 0.25) is 0 Å². The summed E-state index contributed by atoms with van der Waals surface area (Å²) in [7, 11) is -3.85. The van der Waals surface area contributed by atoms with Crippen LogP contribution in [0, 0.1) is 10.1 Å². The second kappa shape index (κ2) is 10.8. The second-order valence-corrected chi connectivity index (χ2v) is 10.9. The van der Waals surface area contributed by atoms with E-state index in [2.05, 4.69) is 33.0 Å². The number of rotatable bonds is 8. The maximum atomic E-state index is 13.7. The van der Waals surface area contributed by atoms with E-state index >= 15 is 0 Å². The van der Waals surface area contributed by atoms with Crippen LogP contribution >= 0.6 is 15.9 Å². The molecule has 7 nitrogen and oxygen atoms in total. The number of benzene rings is 3. The molecular weight excluding hydrogens is 518 g/mol. The monoisotopic (exact) mass is 543 g/mol. The molecule has 178 valence electrons. The average Bonchev–Trinajstić information content (AvgIpc) is 2.85. The van der Waals surface area contributed by atoms with Crippen LogP contribution in [0.25, 0.3) is 0 Å². The lowest BCUT2D eigenvalue weighted by Gasteiger charge is -2.45. The van der Waals surface area contributed by atoms with Gasteiger partial charge in [-0.05, 0) is 29.7 Å². The highest BCUT2D eigenvalue weighted by Crippen LogP contribution is 2.29. The van der Waals surface area contributed by atoms with Crippen molar-refractivity contribution in [1.29, 1.82) is 0 Å². The molecule has 2 atom stereocenters. The molecule has 0 amide bonds. The van der Waals surface area contributed by atoms with E-state index in [1.165, 1.54) is 29.8 Å². The highest BCUT2D eigenvalue weighted by Gasteiger charge is 2.40. The first-order chi connectivity index (χ1) is 16.4. The Morgan fingerprint density at radius 1 is 0.853 bits per heavy atom. The molecule has 9 heteroatoms. The van der Waals surface area contributed by atoms with Crippen molar-refractivity contribution in [3.8, 4) is 0 Å². The summed E-state index contributed by atoms with van der Waals surface area (Å²) in [5, 5.41) is 11.7. The van der Waals surface area contributed by atoms with Gasteiger partial charge in [0, 0.05) is 49.2 Å². The van der Waals surface area contributed by atoms with Crippen LogP contribution in [0.3, 0.4) is 0 Å². The number of alkyl halides is 1. The highest BCUT2D eigenvalue weighted by atomic mass is 79.9. The Labute approximate surface area is 208 Å². The maximum Gasteiger partial charge on any atom is 0.269 e. The van der Waals surface area contributed by atoms with Gasteiger partial charge in [-0.25, -0.2) is 8.42 Å². The molecule has 0 radical (unpaired) electrons. The molecule has 1 fully saturated rings. The predicted octanol–water partition coefficient (Wildman–Crippen LogP) is 4.48. The van der Waals surface area contributed by atoms with E-state index in [0.29, 0.717) is 24.8 Å². The number of hydrogen-bond donors (Lipinski definition) is 0. The molecule has 1 aliphatic heterocycles. The van der Waals surface area contributed by atoms with E-state index in [1.807, 2.05) is 48.5 Å². The van der Waals surface area contributed by atoms with Gasteiger partial charge in [-0.1, -0.05) is 76.6 Å². The Bertz CT molecular complexity index is 1210. The molecule has 4 rings (SSSR count). The summed E-state index contributed by atoms with van der Waals surface area (Å²) in [5.41, 5.74) is 2.11. The molecule has 0 spiro atoms. The summed E-state index contributed by atoms with van der Waals surface area (Å²) in [4.78, 5) is 12.9. The first kappa shape index (κ1) is 24.5. The first-order valence-electron chi connectivity index (χ1n) is 11.0. The van der Waals surface area contributed by atoms with Crippen molar-refractivity contribution in [2.45, 2.75) is 29.9 Å². The van der Waals surface area contributed by atoms with Crippen molar-refractivity contribution in [1.82, 2.24) is 9.21 Å². The Balaban J connectivity index is 1.66. The third kappa shape index (κ3) is 5.55. The third-order valence-corrected chi connectivity index (χ3v) is 8.81. The molecule has 0 saturated carbocycles. The van der Waals surface area contributed by atoms with Gasteiger partial charge in [-0.2, -0.15) is 4.31 Å². The molecule has 3 aromatic carbocycles. The van der Waals surface area contributed by atoms with Crippen LogP contribution < -0.4 is 0 Å². The quantitative estimate of drug-likeness (QED) is 0.237. The zero-order valence-corrected chi connectivity index (χ0v) is 20.9. The van der Waals surface area contributed by atoms with Gasteiger partial charge in [0.1, 0.15) is 0 Å². The summed E-state index contributed by atoms with van der Waals surface area (Å²) in [6.07, 6.45) is 0.577. The summed E-state index contributed by atoms with van der Waals surface area (Å²) >= 11 is 3.59. The largest absolute Gasteiger partial charge is 0.292 e. The number of sulfonamides is 1. The molecule has 0 N–H and O–H groups in total. The van der Waals surface area contributed by atoms with Gasteiger partial charge < -0.3 is 0 Å². The smallest absolute Gasteiger partial charge is 0.269 e. The fourth-order valence-corrected chi connectivity index (χ4v) is 6.63. The zero-order valence-electron chi connectivity index (χ0n) is 18.5. The SMILES string of the molecule is O=[N+]([O-])c1ccc(S(=O)(=O)N2C[C@H](CBr)N(Cc3ccccc3)C[C@@H]2Cc2ccccc2)cc1. The summed E-state index contributed by atoms with van der Waals surface area (Å²) < 4.78 is 29.0. The lowest BCUT2D eigenvalue weighted by atomic mass is 10.0. The van der Waals surface area contributed by atoms with Crippen LogP contribution in [-0.2, 0) is 23.0 Å². The van der Waals surface area contributed by atoms with E-state index in [9.17, 15) is 18.5 Å². The molecule has 1 aliphatic rings. The number of halogens is 1. The molecule has 1 heterocycles. The number of piperazine rings is 1. The van der Waals surface area contributed by atoms with Gasteiger partial charge in [-0.3, -0.25) is 15.0 Å². The molecule has 0 bridgehead atoms. The van der Waals surface area contributed by atoms with Crippen molar-refractivity contribution in [2.24, 2.45) is 0 Å². The minimum absolute atomic E-state index is 0.0138. The zero-order chi connectivity index (χ0) is 24.1. The van der Waals surface area contributed by atoms with E-state index in [1.54, 1.807) is 4.31 Å². The molecule has 34 heavy (non-hydrogen) atoms. The van der Waals surface area contributed by atoms with E-state index < -0.39 is 14.9 Å². The van der Waals surface area contributed by atoms with Crippen LogP contribution in [0.1, 0.15) is 11.1 Å². The maximum absolute atomic E-state index is 13.7. The van der Waals surface area contributed by atoms with Crippen LogP contribution in [-0.4, -0.2) is 53.0 Å². The van der Waals surface area contributed by atoms with E-state index in [4.69, 9.17) is 0 Å². The van der Waals surface area contributed by atoms with Crippen molar-refractivity contribution < 1.29 is 13.3 Å². The molecule has 3 aromatic rings. The molecular formula is C25H26BrN3O4S. The van der Waals surface area contributed by atoms with Gasteiger partial charge in [-0.15, -0.1) is 0 Å². The summed E-state index contributed by atoms with van der Waals surface area (Å²) in [5.74, 6) is 0. The van der Waals surface area contributed by atoms with E-state index in [0.717, 1.165) is 12.1 Å². The van der Waals surface area contributed by atoms with Gasteiger partial charge >= 0.3 is 0 Å². The van der Waals surface area contributed by atoms with Crippen molar-refractivity contribution in [3.05, 3.63) is 106 Å². The molecule has 0 unspecified atom stereocenters. The molecule has 0 aliphatic carbocycles. The van der Waals surface area contributed by atoms with Gasteiger partial charge in [0.15, 0.2) is 0 Å². The standard InChI is InChI=1S/C25H26BrN3O4S/c26-16-24-19-28(34(32,33)25-13-11-22(12-14-25)29(30)31)23(15-20-7-3-1-4-8-20)18-27(24)17-21-9-5-2-6-10-21/h1-14,23-24H,15-19H2/t23-,24-/m0/s1. The average molecular weight is 544 g/mol. The van der Waals surface area contributed by atoms with Crippen molar-refractivity contribution in [2.75, 3.05) is 18.4 Å². The Morgan fingerprint density at radius 3 is 2.00 bits per heavy atom. The fourth-order valence-electron chi connectivity index (χ4n) is 4.36. The topological polar surface area (TPSA) is 83.8 Å². The number of nitrogens with zero attached hydrogens (tertiary/aromatic N) is 3. The number of hydrogen-bond acceptors (Lipinski definition) is 5. The fraction of sp³-hybridized carbons (Fsp3) is 0.280. The second-order valence-electron chi connectivity index (χ2n) is 8.39.